The van der Waals surface area contributed by atoms with Crippen LogP contribution in [0.1, 0.15) is 11.1 Å². The first-order valence-corrected chi connectivity index (χ1v) is 7.36. The molecular formula is C19H16N2O. The zero-order valence-corrected chi connectivity index (χ0v) is 12.4. The maximum atomic E-state index is 5.87. The van der Waals surface area contributed by atoms with Crippen LogP contribution in [0.5, 0.6) is 0 Å². The smallest absolute Gasteiger partial charge is 0.155 e. The molecule has 0 radical (unpaired) electrons. The molecule has 108 valence electrons. The number of benzene rings is 2. The Morgan fingerprint density at radius 3 is 2.68 bits per heavy atom. The highest BCUT2D eigenvalue weighted by Gasteiger charge is 2.09. The minimum absolute atomic E-state index is 0.771. The van der Waals surface area contributed by atoms with E-state index in [1.165, 1.54) is 11.1 Å². The number of nitrogens with zero attached hydrogens (tertiary/aromatic N) is 2. The Morgan fingerprint density at radius 1 is 1.00 bits per heavy atom. The maximum absolute atomic E-state index is 5.87. The van der Waals surface area contributed by atoms with Gasteiger partial charge >= 0.3 is 0 Å². The predicted molar refractivity (Wildman–Crippen MR) is 87.7 cm³/mol. The first-order valence-electron chi connectivity index (χ1n) is 7.36. The van der Waals surface area contributed by atoms with Crippen molar-refractivity contribution >= 4 is 11.0 Å². The van der Waals surface area contributed by atoms with Crippen LogP contribution in [0.25, 0.3) is 22.4 Å². The fourth-order valence-corrected chi connectivity index (χ4v) is 2.65. The SMILES string of the molecule is Cc1ccccc1Cn1ccc(-c2cc3ccccc3o2)n1. The van der Waals surface area contributed by atoms with Gasteiger partial charge in [0.15, 0.2) is 5.76 Å². The van der Waals surface area contributed by atoms with Crippen LogP contribution in [0.3, 0.4) is 0 Å². The topological polar surface area (TPSA) is 31.0 Å². The van der Waals surface area contributed by atoms with Gasteiger partial charge in [-0.2, -0.15) is 5.10 Å². The molecule has 0 N–H and O–H groups in total. The van der Waals surface area contributed by atoms with E-state index in [4.69, 9.17) is 4.42 Å². The maximum Gasteiger partial charge on any atom is 0.155 e. The van der Waals surface area contributed by atoms with Crippen LogP contribution in [-0.2, 0) is 6.54 Å². The summed E-state index contributed by atoms with van der Waals surface area (Å²) in [5.41, 5.74) is 4.32. The summed E-state index contributed by atoms with van der Waals surface area (Å²) < 4.78 is 7.81. The summed E-state index contributed by atoms with van der Waals surface area (Å²) >= 11 is 0. The molecule has 2 aromatic heterocycles. The van der Waals surface area contributed by atoms with Crippen molar-refractivity contribution < 1.29 is 4.42 Å². The minimum Gasteiger partial charge on any atom is -0.454 e. The minimum atomic E-state index is 0.771. The number of rotatable bonds is 3. The Hall–Kier alpha value is -2.81. The van der Waals surface area contributed by atoms with Gasteiger partial charge in [-0.05, 0) is 36.2 Å². The molecule has 22 heavy (non-hydrogen) atoms. The zero-order chi connectivity index (χ0) is 14.9. The molecule has 0 unspecified atom stereocenters. The quantitative estimate of drug-likeness (QED) is 0.549. The van der Waals surface area contributed by atoms with Gasteiger partial charge < -0.3 is 4.42 Å². The van der Waals surface area contributed by atoms with E-state index >= 15 is 0 Å². The molecule has 3 nitrogen and oxygen atoms in total. The number of hydrogen-bond acceptors (Lipinski definition) is 2. The standard InChI is InChI=1S/C19H16N2O/c1-14-6-2-3-8-16(14)13-21-11-10-17(20-21)19-12-15-7-4-5-9-18(15)22-19/h2-12H,13H2,1H3. The van der Waals surface area contributed by atoms with Crippen LogP contribution >= 0.6 is 0 Å². The summed E-state index contributed by atoms with van der Waals surface area (Å²) in [4.78, 5) is 0. The van der Waals surface area contributed by atoms with E-state index in [9.17, 15) is 0 Å². The van der Waals surface area contributed by atoms with Gasteiger partial charge in [0.05, 0.1) is 6.54 Å². The van der Waals surface area contributed by atoms with Gasteiger partial charge in [-0.1, -0.05) is 42.5 Å². The number of aromatic nitrogens is 2. The zero-order valence-electron chi connectivity index (χ0n) is 12.4. The van der Waals surface area contributed by atoms with Gasteiger partial charge in [0, 0.05) is 11.6 Å². The normalized spacial score (nSPS) is 11.1. The average Bonchev–Trinajstić information content (AvgIpc) is 3.15. The third kappa shape index (κ3) is 2.31. The summed E-state index contributed by atoms with van der Waals surface area (Å²) in [6, 6.07) is 20.4. The summed E-state index contributed by atoms with van der Waals surface area (Å²) in [7, 11) is 0. The molecule has 0 bridgehead atoms. The van der Waals surface area contributed by atoms with Crippen molar-refractivity contribution in [1.82, 2.24) is 9.78 Å². The van der Waals surface area contributed by atoms with E-state index in [1.54, 1.807) is 0 Å². The van der Waals surface area contributed by atoms with Crippen LogP contribution in [-0.4, -0.2) is 9.78 Å². The van der Waals surface area contributed by atoms with Crippen molar-refractivity contribution in [2.45, 2.75) is 13.5 Å². The van der Waals surface area contributed by atoms with Gasteiger partial charge in [0.2, 0.25) is 0 Å². The van der Waals surface area contributed by atoms with Gasteiger partial charge in [-0.15, -0.1) is 0 Å². The van der Waals surface area contributed by atoms with Crippen molar-refractivity contribution in [3.05, 3.63) is 78.0 Å². The molecule has 0 atom stereocenters. The molecule has 4 rings (SSSR count). The predicted octanol–water partition coefficient (Wildman–Crippen LogP) is 4.65. The van der Waals surface area contributed by atoms with E-state index in [0.717, 1.165) is 29.0 Å². The number of aryl methyl sites for hydroxylation is 1. The van der Waals surface area contributed by atoms with E-state index < -0.39 is 0 Å². The lowest BCUT2D eigenvalue weighted by molar-refractivity contribution is 0.620. The van der Waals surface area contributed by atoms with E-state index in [-0.39, 0.29) is 0 Å². The molecule has 3 heteroatoms. The highest BCUT2D eigenvalue weighted by atomic mass is 16.3. The van der Waals surface area contributed by atoms with E-state index in [1.807, 2.05) is 47.3 Å². The number of fused-ring (bicyclic) bond motifs is 1. The van der Waals surface area contributed by atoms with Crippen molar-refractivity contribution in [3.63, 3.8) is 0 Å². The van der Waals surface area contributed by atoms with Crippen LogP contribution in [0.4, 0.5) is 0 Å². The second-order valence-corrected chi connectivity index (χ2v) is 5.47. The Morgan fingerprint density at radius 2 is 1.82 bits per heavy atom. The molecule has 0 spiro atoms. The van der Waals surface area contributed by atoms with Gasteiger partial charge in [-0.25, -0.2) is 0 Å². The highest BCUT2D eigenvalue weighted by Crippen LogP contribution is 2.26. The highest BCUT2D eigenvalue weighted by molar-refractivity contribution is 5.81. The van der Waals surface area contributed by atoms with Crippen molar-refractivity contribution in [2.24, 2.45) is 0 Å². The third-order valence-electron chi connectivity index (χ3n) is 3.91. The average molecular weight is 288 g/mol. The van der Waals surface area contributed by atoms with E-state index in [2.05, 4.69) is 36.3 Å². The van der Waals surface area contributed by atoms with Crippen LogP contribution < -0.4 is 0 Å². The first kappa shape index (κ1) is 12.9. The first-order chi connectivity index (χ1) is 10.8. The summed E-state index contributed by atoms with van der Waals surface area (Å²) in [6.07, 6.45) is 2.00. The molecule has 4 aromatic rings. The van der Waals surface area contributed by atoms with Crippen molar-refractivity contribution in [3.8, 4) is 11.5 Å². The summed E-state index contributed by atoms with van der Waals surface area (Å²) in [6.45, 7) is 2.89. The van der Waals surface area contributed by atoms with E-state index in [0.29, 0.717) is 0 Å². The Balaban J connectivity index is 1.65. The fraction of sp³-hybridized carbons (Fsp3) is 0.105. The third-order valence-corrected chi connectivity index (χ3v) is 3.91. The monoisotopic (exact) mass is 288 g/mol. The van der Waals surface area contributed by atoms with Gasteiger partial charge in [0.25, 0.3) is 0 Å². The Labute approximate surface area is 128 Å². The Bertz CT molecular complexity index is 900. The second kappa shape index (κ2) is 5.19. The van der Waals surface area contributed by atoms with Crippen LogP contribution in [0.15, 0.2) is 71.3 Å². The van der Waals surface area contributed by atoms with Crippen LogP contribution in [0.2, 0.25) is 0 Å². The molecule has 0 fully saturated rings. The molecule has 2 aromatic carbocycles. The largest absolute Gasteiger partial charge is 0.454 e. The number of furan rings is 1. The lowest BCUT2D eigenvalue weighted by Crippen LogP contribution is -2.01. The molecule has 0 saturated heterocycles. The molecule has 0 aliphatic rings. The summed E-state index contributed by atoms with van der Waals surface area (Å²) in [5.74, 6) is 0.810. The number of para-hydroxylation sites is 1. The van der Waals surface area contributed by atoms with Crippen molar-refractivity contribution in [1.29, 1.82) is 0 Å². The molecule has 0 aliphatic heterocycles. The van der Waals surface area contributed by atoms with Crippen molar-refractivity contribution in [2.75, 3.05) is 0 Å². The number of hydrogen-bond donors (Lipinski definition) is 0. The van der Waals surface area contributed by atoms with Gasteiger partial charge in [0.1, 0.15) is 11.3 Å². The second-order valence-electron chi connectivity index (χ2n) is 5.47. The lowest BCUT2D eigenvalue weighted by atomic mass is 10.1. The molecule has 0 amide bonds. The molecular weight excluding hydrogens is 272 g/mol. The molecule has 0 aliphatic carbocycles. The van der Waals surface area contributed by atoms with Crippen LogP contribution in [0, 0.1) is 6.92 Å². The fourth-order valence-electron chi connectivity index (χ4n) is 2.65. The lowest BCUT2D eigenvalue weighted by Gasteiger charge is -2.05. The Kier molecular flexibility index (Phi) is 3.04. The van der Waals surface area contributed by atoms with Gasteiger partial charge in [-0.3, -0.25) is 4.68 Å². The molecule has 0 saturated carbocycles. The molecule has 2 heterocycles. The summed E-state index contributed by atoms with van der Waals surface area (Å²) in [5, 5.41) is 5.74.